The number of nitrogens with one attached hydrogen (secondary N) is 2. The second kappa shape index (κ2) is 44.6. The number of aliphatic hydroxyl groups is 2. The van der Waals surface area contributed by atoms with Gasteiger partial charge in [0.2, 0.25) is 11.8 Å². The first-order valence-corrected chi connectivity index (χ1v) is 22.1. The number of unbranched alkanes of at least 4 members (excludes halogenated alkanes) is 2. The third kappa shape index (κ3) is 40.1. The predicted molar refractivity (Wildman–Crippen MR) is 249 cm³/mol. The number of ether oxygens (including phenoxy) is 1. The molecule has 328 valence electrons. The Morgan fingerprint density at radius 1 is 0.475 bits per heavy atom. The maximum absolute atomic E-state index is 12.8. The molecule has 1 unspecified atom stereocenters. The zero-order valence-corrected chi connectivity index (χ0v) is 36.4. The molecule has 0 aliphatic rings. The van der Waals surface area contributed by atoms with E-state index in [1.165, 1.54) is 0 Å². The van der Waals surface area contributed by atoms with Gasteiger partial charge in [-0.2, -0.15) is 0 Å². The van der Waals surface area contributed by atoms with Gasteiger partial charge in [-0.1, -0.05) is 148 Å². The SMILES string of the molecule is CCC=CCC=CCC=CCC=CCC=CCC=CCCC(=O)NCCCCC(NC(=O)CCCC=CCC=CCC=CCC=CCC=CCC)C(=O)OC(CO)CO. The van der Waals surface area contributed by atoms with E-state index in [2.05, 4.69) is 152 Å². The van der Waals surface area contributed by atoms with Crippen LogP contribution in [0.1, 0.15) is 136 Å². The molecule has 0 radical (unpaired) electrons. The summed E-state index contributed by atoms with van der Waals surface area (Å²) in [6.07, 6.45) is 61.0. The summed E-state index contributed by atoms with van der Waals surface area (Å²) in [6.45, 7) is 3.71. The molecule has 8 nitrogen and oxygen atoms in total. The van der Waals surface area contributed by atoms with Gasteiger partial charge in [-0.3, -0.25) is 9.59 Å². The van der Waals surface area contributed by atoms with Crippen LogP contribution in [0.5, 0.6) is 0 Å². The van der Waals surface area contributed by atoms with E-state index in [0.29, 0.717) is 45.1 Å². The van der Waals surface area contributed by atoms with Gasteiger partial charge in [0.25, 0.3) is 0 Å². The Morgan fingerprint density at radius 2 is 0.864 bits per heavy atom. The molecule has 8 heteroatoms. The van der Waals surface area contributed by atoms with Crippen molar-refractivity contribution < 1.29 is 29.3 Å². The zero-order chi connectivity index (χ0) is 43.1. The molecule has 4 N–H and O–H groups in total. The van der Waals surface area contributed by atoms with Crippen LogP contribution >= 0.6 is 0 Å². The second-order valence-corrected chi connectivity index (χ2v) is 13.9. The van der Waals surface area contributed by atoms with Gasteiger partial charge < -0.3 is 25.6 Å². The highest BCUT2D eigenvalue weighted by atomic mass is 16.6. The van der Waals surface area contributed by atoms with E-state index in [9.17, 15) is 24.6 Å². The molecule has 0 aromatic carbocycles. The molecule has 59 heavy (non-hydrogen) atoms. The number of hydrogen-bond donors (Lipinski definition) is 4. The molecule has 0 aromatic heterocycles. The average Bonchev–Trinajstić information content (AvgIpc) is 3.24. The van der Waals surface area contributed by atoms with E-state index in [-0.39, 0.29) is 18.2 Å². The van der Waals surface area contributed by atoms with Gasteiger partial charge in [0.15, 0.2) is 0 Å². The summed E-state index contributed by atoms with van der Waals surface area (Å²) in [5, 5.41) is 24.4. The molecule has 0 aliphatic carbocycles. The minimum Gasteiger partial charge on any atom is -0.456 e. The summed E-state index contributed by atoms with van der Waals surface area (Å²) >= 11 is 0. The summed E-state index contributed by atoms with van der Waals surface area (Å²) in [7, 11) is 0. The molecule has 0 bridgehead atoms. The number of allylic oxidation sites excluding steroid dienone is 22. The lowest BCUT2D eigenvalue weighted by Crippen LogP contribution is -2.44. The molecule has 0 aromatic rings. The Kier molecular flexibility index (Phi) is 41.1. The van der Waals surface area contributed by atoms with Gasteiger partial charge in [0.1, 0.15) is 12.1 Å². The Bertz CT molecular complexity index is 1370. The number of hydrogen-bond acceptors (Lipinski definition) is 6. The van der Waals surface area contributed by atoms with E-state index in [4.69, 9.17) is 4.74 Å². The zero-order valence-electron chi connectivity index (χ0n) is 36.4. The van der Waals surface area contributed by atoms with Crippen LogP contribution in [0.4, 0.5) is 0 Å². The minimum atomic E-state index is -1.04. The first kappa shape index (κ1) is 54.5. The fourth-order valence-corrected chi connectivity index (χ4v) is 5.29. The van der Waals surface area contributed by atoms with Crippen LogP contribution in [0.15, 0.2) is 134 Å². The summed E-state index contributed by atoms with van der Waals surface area (Å²) in [5.41, 5.74) is 0. The minimum absolute atomic E-state index is 0.0324. The number of esters is 1. The summed E-state index contributed by atoms with van der Waals surface area (Å²) in [4.78, 5) is 37.8. The summed E-state index contributed by atoms with van der Waals surface area (Å²) in [6, 6.07) is -0.902. The summed E-state index contributed by atoms with van der Waals surface area (Å²) < 4.78 is 5.21. The normalized spacial score (nSPS) is 13.4. The molecule has 0 heterocycles. The van der Waals surface area contributed by atoms with Crippen molar-refractivity contribution in [3.63, 3.8) is 0 Å². The standard InChI is InChI=1S/C51H78N2O6/c1-3-5-7-9-11-13-15-17-19-21-22-24-25-27-29-31-33-35-37-42-49(56)52-44-40-39-41-48(51(58)59-47(45-54)46-55)53-50(57)43-38-36-34-32-30-28-26-23-20-18-16-14-12-10-8-6-4-2/h5-8,11-14,17-20,22,24,26-29,32-35,47-48,54-55H,3-4,9-10,15-16,21,23,25,30-31,36-46H2,1-2H3,(H,52,56)(H,53,57). The lowest BCUT2D eigenvalue weighted by atomic mass is 10.1. The predicted octanol–water partition coefficient (Wildman–Crippen LogP) is 11.1. The van der Waals surface area contributed by atoms with Crippen molar-refractivity contribution in [2.45, 2.75) is 148 Å². The van der Waals surface area contributed by atoms with Gasteiger partial charge in [-0.25, -0.2) is 4.79 Å². The highest BCUT2D eigenvalue weighted by Crippen LogP contribution is 2.08. The maximum atomic E-state index is 12.8. The highest BCUT2D eigenvalue weighted by Gasteiger charge is 2.24. The van der Waals surface area contributed by atoms with E-state index >= 15 is 0 Å². The third-order valence-corrected chi connectivity index (χ3v) is 8.62. The molecule has 0 rings (SSSR count). The second-order valence-electron chi connectivity index (χ2n) is 13.9. The number of aliphatic hydroxyl groups excluding tert-OH is 2. The number of amides is 2. The Labute approximate surface area is 358 Å². The smallest absolute Gasteiger partial charge is 0.329 e. The van der Waals surface area contributed by atoms with Crippen molar-refractivity contribution in [1.82, 2.24) is 10.6 Å². The largest absolute Gasteiger partial charge is 0.456 e. The van der Waals surface area contributed by atoms with Gasteiger partial charge in [-0.05, 0) is 109 Å². The molecule has 0 saturated heterocycles. The van der Waals surface area contributed by atoms with Crippen molar-refractivity contribution in [1.29, 1.82) is 0 Å². The Balaban J connectivity index is 4.29. The molecule has 0 fully saturated rings. The van der Waals surface area contributed by atoms with Crippen molar-refractivity contribution in [2.24, 2.45) is 0 Å². The lowest BCUT2D eigenvalue weighted by molar-refractivity contribution is -0.157. The maximum Gasteiger partial charge on any atom is 0.329 e. The molecular weight excluding hydrogens is 737 g/mol. The number of carbonyl (C=O) groups is 3. The van der Waals surface area contributed by atoms with Gasteiger partial charge >= 0.3 is 5.97 Å². The van der Waals surface area contributed by atoms with Crippen LogP contribution < -0.4 is 10.6 Å². The van der Waals surface area contributed by atoms with E-state index in [0.717, 1.165) is 77.0 Å². The molecule has 0 spiro atoms. The topological polar surface area (TPSA) is 125 Å². The Morgan fingerprint density at radius 3 is 1.27 bits per heavy atom. The highest BCUT2D eigenvalue weighted by molar-refractivity contribution is 5.84. The Hall–Kier alpha value is -4.53. The molecule has 1 atom stereocenters. The van der Waals surface area contributed by atoms with Crippen LogP contribution in [0.2, 0.25) is 0 Å². The van der Waals surface area contributed by atoms with E-state index in [1.54, 1.807) is 0 Å². The first-order chi connectivity index (χ1) is 29.0. The van der Waals surface area contributed by atoms with Crippen molar-refractivity contribution in [2.75, 3.05) is 19.8 Å². The molecule has 0 aliphatic heterocycles. The monoisotopic (exact) mass is 815 g/mol. The van der Waals surface area contributed by atoms with Crippen LogP contribution in [0.25, 0.3) is 0 Å². The fourth-order valence-electron chi connectivity index (χ4n) is 5.29. The number of carbonyl (C=O) groups excluding carboxylic acids is 3. The first-order valence-electron chi connectivity index (χ1n) is 22.1. The average molecular weight is 815 g/mol. The van der Waals surface area contributed by atoms with E-state index < -0.39 is 31.3 Å². The van der Waals surface area contributed by atoms with Crippen LogP contribution in [0.3, 0.4) is 0 Å². The lowest BCUT2D eigenvalue weighted by Gasteiger charge is -2.20. The summed E-state index contributed by atoms with van der Waals surface area (Å²) in [5.74, 6) is -0.980. The van der Waals surface area contributed by atoms with Crippen molar-refractivity contribution >= 4 is 17.8 Å². The third-order valence-electron chi connectivity index (χ3n) is 8.62. The van der Waals surface area contributed by atoms with Gasteiger partial charge in [-0.15, -0.1) is 0 Å². The molecule has 2 amide bonds. The van der Waals surface area contributed by atoms with Crippen LogP contribution in [0, 0.1) is 0 Å². The van der Waals surface area contributed by atoms with Crippen LogP contribution in [-0.4, -0.2) is 59.9 Å². The van der Waals surface area contributed by atoms with E-state index in [1.807, 2.05) is 6.08 Å². The van der Waals surface area contributed by atoms with Crippen molar-refractivity contribution in [3.05, 3.63) is 134 Å². The van der Waals surface area contributed by atoms with Crippen molar-refractivity contribution in [3.8, 4) is 0 Å². The molecular formula is C51H78N2O6. The fraction of sp³-hybridized carbons (Fsp3) is 0.510. The van der Waals surface area contributed by atoms with Gasteiger partial charge in [0, 0.05) is 19.4 Å². The number of rotatable bonds is 37. The van der Waals surface area contributed by atoms with Crippen LogP contribution in [-0.2, 0) is 19.1 Å². The quantitative estimate of drug-likeness (QED) is 0.0281. The molecule has 0 saturated carbocycles. The van der Waals surface area contributed by atoms with Gasteiger partial charge in [0.05, 0.1) is 13.2 Å².